The fourth-order valence-corrected chi connectivity index (χ4v) is 3.55. The second-order valence-electron chi connectivity index (χ2n) is 4.66. The molecular weight excluding hydrogens is 332 g/mol. The van der Waals surface area contributed by atoms with Crippen LogP contribution in [0.15, 0.2) is 40.7 Å². The summed E-state index contributed by atoms with van der Waals surface area (Å²) in [5, 5.41) is 13.2. The Morgan fingerprint density at radius 3 is 3.00 bits per heavy atom. The van der Waals surface area contributed by atoms with Crippen molar-refractivity contribution in [2.45, 2.75) is 0 Å². The van der Waals surface area contributed by atoms with E-state index in [0.29, 0.717) is 22.2 Å². The van der Waals surface area contributed by atoms with Crippen molar-refractivity contribution in [3.05, 3.63) is 45.5 Å². The number of aromatic nitrogens is 4. The molecule has 0 spiro atoms. The number of nitrogens with zero attached hydrogens (tertiary/aromatic N) is 4. The van der Waals surface area contributed by atoms with Gasteiger partial charge in [-0.25, -0.2) is 4.98 Å². The van der Waals surface area contributed by atoms with E-state index in [-0.39, 0.29) is 0 Å². The highest BCUT2D eigenvalue weighted by atomic mass is 32.1. The van der Waals surface area contributed by atoms with Crippen molar-refractivity contribution in [1.82, 2.24) is 19.6 Å². The lowest BCUT2D eigenvalue weighted by atomic mass is 10.2. The largest absolute Gasteiger partial charge is 0.365 e. The maximum atomic E-state index is 11.5. The van der Waals surface area contributed by atoms with Crippen LogP contribution in [-0.4, -0.2) is 25.5 Å². The fourth-order valence-electron chi connectivity index (χ4n) is 2.20. The fraction of sp³-hybridized carbons (Fsp3) is 0. The molecule has 0 saturated carbocycles. The van der Waals surface area contributed by atoms with E-state index in [1.165, 1.54) is 17.7 Å². The summed E-state index contributed by atoms with van der Waals surface area (Å²) in [5.41, 5.74) is 7.82. The van der Waals surface area contributed by atoms with Crippen molar-refractivity contribution in [3.8, 4) is 11.3 Å². The summed E-state index contributed by atoms with van der Waals surface area (Å²) in [4.78, 5) is 20.6. The SMILES string of the molecule is NC(=O)c1sccc1Nc1cc(-c2ccsc2)nc2ncnn12. The van der Waals surface area contributed by atoms with Gasteiger partial charge in [0.15, 0.2) is 0 Å². The van der Waals surface area contributed by atoms with Gasteiger partial charge in [-0.15, -0.1) is 11.3 Å². The predicted octanol–water partition coefficient (Wildman–Crippen LogP) is 2.76. The zero-order valence-electron chi connectivity index (χ0n) is 11.6. The summed E-state index contributed by atoms with van der Waals surface area (Å²) >= 11 is 2.89. The zero-order chi connectivity index (χ0) is 15.8. The Bertz CT molecular complexity index is 988. The van der Waals surface area contributed by atoms with E-state index in [1.807, 2.05) is 28.3 Å². The van der Waals surface area contributed by atoms with E-state index in [2.05, 4.69) is 20.4 Å². The van der Waals surface area contributed by atoms with Crippen molar-refractivity contribution < 1.29 is 4.79 Å². The number of primary amides is 1. The molecule has 4 aromatic heterocycles. The quantitative estimate of drug-likeness (QED) is 0.594. The number of hydrogen-bond acceptors (Lipinski definition) is 7. The third kappa shape index (κ3) is 2.45. The van der Waals surface area contributed by atoms with Crippen LogP contribution in [0, 0.1) is 0 Å². The number of anilines is 2. The van der Waals surface area contributed by atoms with E-state index in [1.54, 1.807) is 21.9 Å². The molecule has 3 N–H and O–H groups in total. The first kappa shape index (κ1) is 13.9. The van der Waals surface area contributed by atoms with Crippen molar-refractivity contribution in [3.63, 3.8) is 0 Å². The molecule has 0 radical (unpaired) electrons. The van der Waals surface area contributed by atoms with Crippen LogP contribution in [0.4, 0.5) is 11.5 Å². The van der Waals surface area contributed by atoms with Crippen LogP contribution < -0.4 is 11.1 Å². The Morgan fingerprint density at radius 2 is 2.22 bits per heavy atom. The second-order valence-corrected chi connectivity index (χ2v) is 6.36. The molecule has 4 rings (SSSR count). The van der Waals surface area contributed by atoms with Crippen LogP contribution in [-0.2, 0) is 0 Å². The molecule has 114 valence electrons. The van der Waals surface area contributed by atoms with Crippen LogP contribution in [0.2, 0.25) is 0 Å². The Balaban J connectivity index is 1.84. The van der Waals surface area contributed by atoms with Gasteiger partial charge < -0.3 is 11.1 Å². The van der Waals surface area contributed by atoms with Gasteiger partial charge in [-0.2, -0.15) is 25.9 Å². The van der Waals surface area contributed by atoms with Gasteiger partial charge in [0.2, 0.25) is 0 Å². The lowest BCUT2D eigenvalue weighted by molar-refractivity contribution is 0.100. The summed E-state index contributed by atoms with van der Waals surface area (Å²) < 4.78 is 1.58. The highest BCUT2D eigenvalue weighted by Gasteiger charge is 2.14. The number of amides is 1. The third-order valence-corrected chi connectivity index (χ3v) is 4.83. The minimum Gasteiger partial charge on any atom is -0.365 e. The molecule has 0 aliphatic rings. The zero-order valence-corrected chi connectivity index (χ0v) is 13.3. The molecule has 1 amide bonds. The topological polar surface area (TPSA) is 98.2 Å². The molecule has 0 fully saturated rings. The number of nitrogens with two attached hydrogens (primary N) is 1. The van der Waals surface area contributed by atoms with Crippen molar-refractivity contribution in [1.29, 1.82) is 0 Å². The van der Waals surface area contributed by atoms with Gasteiger partial charge in [-0.3, -0.25) is 4.79 Å². The lowest BCUT2D eigenvalue weighted by Gasteiger charge is -2.09. The number of carbonyl (C=O) groups excluding carboxylic acids is 1. The second kappa shape index (κ2) is 5.45. The summed E-state index contributed by atoms with van der Waals surface area (Å²) in [5.74, 6) is 0.672. The van der Waals surface area contributed by atoms with E-state index in [9.17, 15) is 4.79 Å². The maximum Gasteiger partial charge on any atom is 0.260 e. The molecule has 9 heteroatoms. The van der Waals surface area contributed by atoms with Crippen LogP contribution in [0.25, 0.3) is 17.0 Å². The molecule has 0 aromatic carbocycles. The van der Waals surface area contributed by atoms with Gasteiger partial charge in [-0.05, 0) is 22.9 Å². The summed E-state index contributed by atoms with van der Waals surface area (Å²) in [7, 11) is 0. The Labute approximate surface area is 138 Å². The highest BCUT2D eigenvalue weighted by molar-refractivity contribution is 7.12. The molecule has 0 unspecified atom stereocenters. The van der Waals surface area contributed by atoms with Gasteiger partial charge >= 0.3 is 0 Å². The molecule has 23 heavy (non-hydrogen) atoms. The molecule has 4 heterocycles. The summed E-state index contributed by atoms with van der Waals surface area (Å²) in [6.07, 6.45) is 1.44. The van der Waals surface area contributed by atoms with Crippen LogP contribution in [0.1, 0.15) is 9.67 Å². The number of nitrogens with one attached hydrogen (secondary N) is 1. The van der Waals surface area contributed by atoms with E-state index in [4.69, 9.17) is 5.73 Å². The van der Waals surface area contributed by atoms with Gasteiger partial charge in [0.1, 0.15) is 17.0 Å². The van der Waals surface area contributed by atoms with Crippen LogP contribution >= 0.6 is 22.7 Å². The van der Waals surface area contributed by atoms with Gasteiger partial charge in [0, 0.05) is 17.0 Å². The normalized spacial score (nSPS) is 11.0. The Morgan fingerprint density at radius 1 is 1.30 bits per heavy atom. The number of fused-ring (bicyclic) bond motifs is 1. The standard InChI is InChI=1S/C14H10N6OS2/c15-13(21)12-9(2-4-23-12)18-11-5-10(8-1-3-22-6-8)19-14-16-7-17-20(11)14/h1-7,18H,(H2,15,21). The minimum atomic E-state index is -0.468. The van der Waals surface area contributed by atoms with Crippen molar-refractivity contribution in [2.75, 3.05) is 5.32 Å². The highest BCUT2D eigenvalue weighted by Crippen LogP contribution is 2.28. The van der Waals surface area contributed by atoms with E-state index < -0.39 is 5.91 Å². The van der Waals surface area contributed by atoms with Gasteiger partial charge in [0.05, 0.1) is 11.4 Å². The first-order chi connectivity index (χ1) is 11.2. The summed E-state index contributed by atoms with van der Waals surface area (Å²) in [6, 6.07) is 5.66. The molecular formula is C14H10N6OS2. The first-order valence-corrected chi connectivity index (χ1v) is 8.42. The number of hydrogen-bond donors (Lipinski definition) is 2. The van der Waals surface area contributed by atoms with Crippen LogP contribution in [0.5, 0.6) is 0 Å². The number of carbonyl (C=O) groups is 1. The average molecular weight is 342 g/mol. The monoisotopic (exact) mass is 342 g/mol. The predicted molar refractivity (Wildman–Crippen MR) is 90.2 cm³/mol. The molecule has 0 saturated heterocycles. The lowest BCUT2D eigenvalue weighted by Crippen LogP contribution is -2.11. The van der Waals surface area contributed by atoms with Crippen molar-refractivity contribution in [2.24, 2.45) is 5.73 Å². The summed E-state index contributed by atoms with van der Waals surface area (Å²) in [6.45, 7) is 0. The number of thiophene rings is 2. The third-order valence-electron chi connectivity index (χ3n) is 3.22. The van der Waals surface area contributed by atoms with Gasteiger partial charge in [-0.1, -0.05) is 0 Å². The van der Waals surface area contributed by atoms with E-state index in [0.717, 1.165) is 11.3 Å². The molecule has 4 aromatic rings. The van der Waals surface area contributed by atoms with Crippen LogP contribution in [0.3, 0.4) is 0 Å². The minimum absolute atomic E-state index is 0.465. The average Bonchev–Trinajstić information content (AvgIpc) is 3.28. The Kier molecular flexibility index (Phi) is 3.28. The molecule has 0 aliphatic heterocycles. The van der Waals surface area contributed by atoms with Crippen molar-refractivity contribution >= 4 is 45.9 Å². The van der Waals surface area contributed by atoms with E-state index >= 15 is 0 Å². The maximum absolute atomic E-state index is 11.5. The first-order valence-electron chi connectivity index (χ1n) is 6.60. The smallest absolute Gasteiger partial charge is 0.260 e. The molecule has 0 atom stereocenters. The Hall–Kier alpha value is -2.78. The number of rotatable bonds is 4. The molecule has 7 nitrogen and oxygen atoms in total. The van der Waals surface area contributed by atoms with Gasteiger partial charge in [0.25, 0.3) is 11.7 Å². The molecule has 0 aliphatic carbocycles. The molecule has 0 bridgehead atoms.